The van der Waals surface area contributed by atoms with Crippen molar-refractivity contribution in [3.05, 3.63) is 58.6 Å². The highest BCUT2D eigenvalue weighted by molar-refractivity contribution is 7.90. The van der Waals surface area contributed by atoms with E-state index in [9.17, 15) is 22.0 Å². The van der Waals surface area contributed by atoms with Gasteiger partial charge in [0, 0.05) is 18.2 Å². The Morgan fingerprint density at radius 2 is 1.89 bits per heavy atom. The largest absolute Gasteiger partial charge is 0.382 e. The molecule has 0 aliphatic heterocycles. The van der Waals surface area contributed by atoms with Crippen LogP contribution < -0.4 is 16.7 Å². The fourth-order valence-corrected chi connectivity index (χ4v) is 4.74. The SMILES string of the molecule is CC(C)Cn1c(=O)n(-c2ccc(F)c3[nH]ncc23)c2c(N)nc(Nc3ccc(S(C)(=O)=O)cc3F)nc21. The monoisotopic (exact) mass is 528 g/mol. The first-order valence-corrected chi connectivity index (χ1v) is 13.0. The Bertz CT molecular complexity index is 1860. The second-order valence-corrected chi connectivity index (χ2v) is 11.0. The van der Waals surface area contributed by atoms with Crippen LogP contribution in [0.15, 0.2) is 46.2 Å². The molecular formula is C23H22F2N8O3S. The molecule has 5 rings (SSSR count). The lowest BCUT2D eigenvalue weighted by Gasteiger charge is -2.10. The Kier molecular flexibility index (Phi) is 5.70. The van der Waals surface area contributed by atoms with E-state index in [1.165, 1.54) is 39.6 Å². The summed E-state index contributed by atoms with van der Waals surface area (Å²) in [4.78, 5) is 22.1. The first-order valence-electron chi connectivity index (χ1n) is 11.1. The Morgan fingerprint density at radius 1 is 1.14 bits per heavy atom. The number of halogens is 2. The molecule has 11 nitrogen and oxygen atoms in total. The van der Waals surface area contributed by atoms with Crippen LogP contribution in [-0.2, 0) is 16.4 Å². The maximum Gasteiger partial charge on any atom is 0.335 e. The summed E-state index contributed by atoms with van der Waals surface area (Å²) in [5, 5.41) is 9.54. The van der Waals surface area contributed by atoms with Gasteiger partial charge in [-0.05, 0) is 36.2 Å². The quantitative estimate of drug-likeness (QED) is 0.304. The van der Waals surface area contributed by atoms with Crippen LogP contribution in [0, 0.1) is 17.6 Å². The summed E-state index contributed by atoms with van der Waals surface area (Å²) in [6.07, 6.45) is 2.38. The lowest BCUT2D eigenvalue weighted by atomic mass is 10.2. The molecule has 0 saturated heterocycles. The van der Waals surface area contributed by atoms with Crippen molar-refractivity contribution in [3.8, 4) is 5.69 Å². The molecule has 0 aliphatic rings. The van der Waals surface area contributed by atoms with Crippen LogP contribution in [0.2, 0.25) is 0 Å². The summed E-state index contributed by atoms with van der Waals surface area (Å²) in [7, 11) is -3.60. The molecule has 0 unspecified atom stereocenters. The van der Waals surface area contributed by atoms with Crippen LogP contribution in [0.4, 0.5) is 26.2 Å². The minimum Gasteiger partial charge on any atom is -0.382 e. The zero-order valence-corrected chi connectivity index (χ0v) is 20.8. The fourth-order valence-electron chi connectivity index (χ4n) is 4.11. The molecule has 14 heteroatoms. The Labute approximate surface area is 208 Å². The standard InChI is InChI=1S/C23H22F2N8O3S/c1-11(2)10-32-21-19(33(23(32)34)17-7-5-14(24)18-13(17)9-27-31-18)20(26)29-22(30-21)28-16-6-4-12(8-15(16)25)37(3,35)36/h4-9,11H,10H2,1-3H3,(H,27,31)(H3,26,28,29,30). The number of nitrogens with two attached hydrogens (primary N) is 1. The summed E-state index contributed by atoms with van der Waals surface area (Å²) >= 11 is 0. The normalized spacial score (nSPS) is 12.2. The van der Waals surface area contributed by atoms with Crippen molar-refractivity contribution in [1.29, 1.82) is 0 Å². The Hall–Kier alpha value is -4.33. The number of nitrogens with one attached hydrogen (secondary N) is 2. The van der Waals surface area contributed by atoms with Crippen LogP contribution >= 0.6 is 0 Å². The van der Waals surface area contributed by atoms with E-state index in [4.69, 9.17) is 5.73 Å². The highest BCUT2D eigenvalue weighted by atomic mass is 32.2. The molecule has 0 atom stereocenters. The van der Waals surface area contributed by atoms with Crippen molar-refractivity contribution < 1.29 is 17.2 Å². The number of benzene rings is 2. The Balaban J connectivity index is 1.71. The number of aromatic nitrogens is 6. The van der Waals surface area contributed by atoms with Gasteiger partial charge in [-0.2, -0.15) is 15.1 Å². The van der Waals surface area contributed by atoms with Gasteiger partial charge in [-0.25, -0.2) is 22.0 Å². The minimum atomic E-state index is -3.60. The maximum absolute atomic E-state index is 14.7. The molecule has 3 heterocycles. The van der Waals surface area contributed by atoms with Crippen LogP contribution in [0.25, 0.3) is 27.8 Å². The fraction of sp³-hybridized carbons (Fsp3) is 0.217. The second-order valence-electron chi connectivity index (χ2n) is 8.99. The zero-order chi connectivity index (χ0) is 26.6. The number of nitrogens with zero attached hydrogens (tertiary/aromatic N) is 5. The number of anilines is 3. The van der Waals surface area contributed by atoms with E-state index in [1.807, 2.05) is 13.8 Å². The molecule has 37 heavy (non-hydrogen) atoms. The van der Waals surface area contributed by atoms with Crippen LogP contribution in [-0.4, -0.2) is 44.0 Å². The van der Waals surface area contributed by atoms with Crippen LogP contribution in [0.5, 0.6) is 0 Å². The minimum absolute atomic E-state index is 0.0486. The van der Waals surface area contributed by atoms with E-state index in [0.717, 1.165) is 12.3 Å². The van der Waals surface area contributed by atoms with E-state index in [2.05, 4.69) is 25.5 Å². The number of nitrogen functional groups attached to an aromatic ring is 1. The molecule has 0 amide bonds. The third-order valence-corrected chi connectivity index (χ3v) is 6.85. The number of imidazole rings is 1. The molecule has 4 N–H and O–H groups in total. The molecule has 0 fully saturated rings. The molecule has 2 aromatic carbocycles. The summed E-state index contributed by atoms with van der Waals surface area (Å²) in [6.45, 7) is 4.12. The number of hydrogen-bond donors (Lipinski definition) is 3. The van der Waals surface area contributed by atoms with Crippen LogP contribution in [0.3, 0.4) is 0 Å². The van der Waals surface area contributed by atoms with Gasteiger partial charge in [0.15, 0.2) is 21.3 Å². The van der Waals surface area contributed by atoms with E-state index >= 15 is 0 Å². The number of sulfone groups is 1. The molecule has 0 radical (unpaired) electrons. The lowest BCUT2D eigenvalue weighted by Crippen LogP contribution is -2.25. The van der Waals surface area contributed by atoms with Crippen LogP contribution in [0.1, 0.15) is 13.8 Å². The smallest absolute Gasteiger partial charge is 0.335 e. The predicted molar refractivity (Wildman–Crippen MR) is 135 cm³/mol. The molecule has 192 valence electrons. The summed E-state index contributed by atoms with van der Waals surface area (Å²) in [6, 6.07) is 6.03. The van der Waals surface area contributed by atoms with Gasteiger partial charge in [-0.15, -0.1) is 0 Å². The van der Waals surface area contributed by atoms with Gasteiger partial charge in [-0.1, -0.05) is 13.8 Å². The summed E-state index contributed by atoms with van der Waals surface area (Å²) in [5.41, 5.74) is 6.58. The average molecular weight is 529 g/mol. The molecular weight excluding hydrogens is 506 g/mol. The highest BCUT2D eigenvalue weighted by Gasteiger charge is 2.23. The molecule has 0 aliphatic carbocycles. The topological polar surface area (TPSA) is 154 Å². The van der Waals surface area contributed by atoms with Gasteiger partial charge >= 0.3 is 5.69 Å². The van der Waals surface area contributed by atoms with Gasteiger partial charge in [0.2, 0.25) is 5.95 Å². The zero-order valence-electron chi connectivity index (χ0n) is 20.0. The van der Waals surface area contributed by atoms with E-state index in [1.54, 1.807) is 0 Å². The van der Waals surface area contributed by atoms with Gasteiger partial charge < -0.3 is 11.1 Å². The second kappa shape index (κ2) is 8.65. The number of hydrogen-bond acceptors (Lipinski definition) is 8. The van der Waals surface area contributed by atoms with E-state index in [0.29, 0.717) is 11.1 Å². The summed E-state index contributed by atoms with van der Waals surface area (Å²) in [5.74, 6) is -1.50. The predicted octanol–water partition coefficient (Wildman–Crippen LogP) is 3.12. The van der Waals surface area contributed by atoms with Gasteiger partial charge in [-0.3, -0.25) is 14.2 Å². The number of aromatic amines is 1. The molecule has 5 aromatic rings. The van der Waals surface area contributed by atoms with Crippen molar-refractivity contribution in [2.45, 2.75) is 25.3 Å². The number of rotatable bonds is 6. The van der Waals surface area contributed by atoms with Gasteiger partial charge in [0.05, 0.1) is 22.5 Å². The molecule has 0 bridgehead atoms. The lowest BCUT2D eigenvalue weighted by molar-refractivity contribution is 0.517. The summed E-state index contributed by atoms with van der Waals surface area (Å²) < 4.78 is 55.1. The van der Waals surface area contributed by atoms with Crippen molar-refractivity contribution in [2.75, 3.05) is 17.3 Å². The van der Waals surface area contributed by atoms with E-state index < -0.39 is 27.2 Å². The highest BCUT2D eigenvalue weighted by Crippen LogP contribution is 2.29. The van der Waals surface area contributed by atoms with Crippen molar-refractivity contribution in [2.24, 2.45) is 5.92 Å². The van der Waals surface area contributed by atoms with Gasteiger partial charge in [0.25, 0.3) is 0 Å². The third kappa shape index (κ3) is 4.18. The first-order chi connectivity index (χ1) is 17.5. The maximum atomic E-state index is 14.7. The van der Waals surface area contributed by atoms with Gasteiger partial charge in [0.1, 0.15) is 22.7 Å². The van der Waals surface area contributed by atoms with E-state index in [-0.39, 0.29) is 51.5 Å². The average Bonchev–Trinajstić information content (AvgIpc) is 3.40. The van der Waals surface area contributed by atoms with Crippen molar-refractivity contribution in [3.63, 3.8) is 0 Å². The van der Waals surface area contributed by atoms with Crippen molar-refractivity contribution in [1.82, 2.24) is 29.3 Å². The molecule has 0 spiro atoms. The Morgan fingerprint density at radius 3 is 2.57 bits per heavy atom. The first kappa shape index (κ1) is 24.4. The third-order valence-electron chi connectivity index (χ3n) is 5.74. The molecule has 0 saturated carbocycles. The number of fused-ring (bicyclic) bond motifs is 2. The molecule has 3 aromatic heterocycles. The van der Waals surface area contributed by atoms with Crippen molar-refractivity contribution >= 4 is 49.4 Å². The number of H-pyrrole nitrogens is 1.